The standard InChI is InChI=1S/C17H23N3O2S2/c1-5-20(6-2)11-7-8-12-14(9-11)24-16(18-12)15-19-13(10-23-15)17(21-3)22-4/h7-9,13,17H,5-6,10H2,1-4H3. The van der Waals surface area contributed by atoms with E-state index in [1.165, 1.54) is 10.4 Å². The maximum Gasteiger partial charge on any atom is 0.179 e. The molecule has 2 heterocycles. The van der Waals surface area contributed by atoms with Crippen molar-refractivity contribution in [3.63, 3.8) is 0 Å². The van der Waals surface area contributed by atoms with Crippen LogP contribution in [0.5, 0.6) is 0 Å². The van der Waals surface area contributed by atoms with Crippen LogP contribution in [0.15, 0.2) is 23.2 Å². The van der Waals surface area contributed by atoms with Crippen LogP contribution in [-0.4, -0.2) is 55.4 Å². The highest BCUT2D eigenvalue weighted by Gasteiger charge is 2.28. The Bertz CT molecular complexity index is 724. The van der Waals surface area contributed by atoms with Crippen LogP contribution in [0.1, 0.15) is 18.9 Å². The minimum Gasteiger partial charge on any atom is -0.372 e. The Morgan fingerprint density at radius 1 is 1.25 bits per heavy atom. The van der Waals surface area contributed by atoms with E-state index in [9.17, 15) is 0 Å². The lowest BCUT2D eigenvalue weighted by Gasteiger charge is -2.20. The molecule has 0 aliphatic carbocycles. The zero-order valence-electron chi connectivity index (χ0n) is 14.5. The van der Waals surface area contributed by atoms with E-state index >= 15 is 0 Å². The topological polar surface area (TPSA) is 47.0 Å². The maximum atomic E-state index is 5.33. The molecule has 0 saturated heterocycles. The normalized spacial score (nSPS) is 17.7. The number of ether oxygens (including phenoxy) is 2. The number of hydrogen-bond donors (Lipinski definition) is 0. The van der Waals surface area contributed by atoms with Crippen molar-refractivity contribution < 1.29 is 9.47 Å². The lowest BCUT2D eigenvalue weighted by atomic mass is 10.2. The number of nitrogens with zero attached hydrogens (tertiary/aromatic N) is 3. The van der Waals surface area contributed by atoms with Crippen molar-refractivity contribution >= 4 is 44.0 Å². The van der Waals surface area contributed by atoms with Crippen LogP contribution in [0.2, 0.25) is 0 Å². The van der Waals surface area contributed by atoms with Crippen molar-refractivity contribution in [1.82, 2.24) is 4.98 Å². The number of anilines is 1. The molecule has 24 heavy (non-hydrogen) atoms. The van der Waals surface area contributed by atoms with Crippen molar-refractivity contribution in [2.24, 2.45) is 4.99 Å². The van der Waals surface area contributed by atoms with E-state index in [4.69, 9.17) is 19.5 Å². The molecule has 1 aromatic heterocycles. The summed E-state index contributed by atoms with van der Waals surface area (Å²) in [6.45, 7) is 6.37. The number of thioether (sulfide) groups is 1. The smallest absolute Gasteiger partial charge is 0.179 e. The first-order chi connectivity index (χ1) is 11.7. The van der Waals surface area contributed by atoms with Gasteiger partial charge in [0.15, 0.2) is 6.29 Å². The van der Waals surface area contributed by atoms with Crippen LogP contribution >= 0.6 is 23.1 Å². The summed E-state index contributed by atoms with van der Waals surface area (Å²) in [6, 6.07) is 6.51. The van der Waals surface area contributed by atoms with E-state index in [-0.39, 0.29) is 12.3 Å². The van der Waals surface area contributed by atoms with E-state index in [0.717, 1.165) is 34.4 Å². The van der Waals surface area contributed by atoms with Crippen molar-refractivity contribution in [1.29, 1.82) is 0 Å². The predicted molar refractivity (Wildman–Crippen MR) is 104 cm³/mol. The van der Waals surface area contributed by atoms with Crippen molar-refractivity contribution in [2.75, 3.05) is 38.0 Å². The molecule has 1 aliphatic heterocycles. The van der Waals surface area contributed by atoms with Gasteiger partial charge in [0.1, 0.15) is 16.1 Å². The first-order valence-electron chi connectivity index (χ1n) is 8.12. The number of hydrogen-bond acceptors (Lipinski definition) is 7. The van der Waals surface area contributed by atoms with Crippen LogP contribution in [0.3, 0.4) is 0 Å². The van der Waals surface area contributed by atoms with Crippen LogP contribution in [0.25, 0.3) is 10.2 Å². The zero-order valence-corrected chi connectivity index (χ0v) is 16.1. The third kappa shape index (κ3) is 3.44. The summed E-state index contributed by atoms with van der Waals surface area (Å²) in [5, 5.41) is 1.98. The molecular formula is C17H23N3O2S2. The number of aromatic nitrogens is 1. The molecule has 0 N–H and O–H groups in total. The van der Waals surface area contributed by atoms with Gasteiger partial charge in [-0.2, -0.15) is 0 Å². The molecule has 130 valence electrons. The number of methoxy groups -OCH3 is 2. The van der Waals surface area contributed by atoms with E-state index in [1.807, 2.05) is 0 Å². The number of benzene rings is 1. The quantitative estimate of drug-likeness (QED) is 0.701. The number of aliphatic imine (C=N–C) groups is 1. The maximum absolute atomic E-state index is 5.33. The van der Waals surface area contributed by atoms with Crippen molar-refractivity contribution in [3.05, 3.63) is 23.2 Å². The molecule has 0 radical (unpaired) electrons. The van der Waals surface area contributed by atoms with E-state index in [0.29, 0.717) is 0 Å². The fraction of sp³-hybridized carbons (Fsp3) is 0.529. The summed E-state index contributed by atoms with van der Waals surface area (Å²) in [4.78, 5) is 11.9. The summed E-state index contributed by atoms with van der Waals surface area (Å²) in [5.74, 6) is 0.863. The Balaban J connectivity index is 1.87. The average molecular weight is 366 g/mol. The molecule has 1 aliphatic rings. The summed E-state index contributed by atoms with van der Waals surface area (Å²) < 4.78 is 11.9. The van der Waals surface area contributed by atoms with Gasteiger partial charge >= 0.3 is 0 Å². The van der Waals surface area contributed by atoms with Crippen LogP contribution in [0, 0.1) is 0 Å². The van der Waals surface area contributed by atoms with Gasteiger partial charge in [-0.25, -0.2) is 4.98 Å². The first-order valence-corrected chi connectivity index (χ1v) is 9.92. The number of fused-ring (bicyclic) bond motifs is 1. The second kappa shape index (κ2) is 7.82. The lowest BCUT2D eigenvalue weighted by molar-refractivity contribution is -0.111. The van der Waals surface area contributed by atoms with E-state index in [1.54, 1.807) is 37.3 Å². The summed E-state index contributed by atoms with van der Waals surface area (Å²) >= 11 is 3.43. The van der Waals surface area contributed by atoms with Crippen LogP contribution in [-0.2, 0) is 9.47 Å². The molecule has 5 nitrogen and oxygen atoms in total. The molecule has 1 atom stereocenters. The predicted octanol–water partition coefficient (Wildman–Crippen LogP) is 3.62. The van der Waals surface area contributed by atoms with Gasteiger partial charge < -0.3 is 14.4 Å². The molecule has 0 saturated carbocycles. The largest absolute Gasteiger partial charge is 0.372 e. The van der Waals surface area contributed by atoms with Crippen LogP contribution < -0.4 is 4.90 Å². The molecule has 1 unspecified atom stereocenters. The van der Waals surface area contributed by atoms with Gasteiger partial charge in [-0.3, -0.25) is 4.99 Å². The molecular weight excluding hydrogens is 342 g/mol. The fourth-order valence-corrected chi connectivity index (χ4v) is 4.98. The van der Waals surface area contributed by atoms with E-state index in [2.05, 4.69) is 36.9 Å². The molecule has 0 spiro atoms. The molecule has 3 rings (SSSR count). The average Bonchev–Trinajstić information content (AvgIpc) is 3.23. The Morgan fingerprint density at radius 2 is 2.00 bits per heavy atom. The SMILES string of the molecule is CCN(CC)c1ccc2nc(C3=NC(C(OC)OC)CS3)sc2c1. The van der Waals surface area contributed by atoms with Gasteiger partial charge in [0.05, 0.1) is 10.2 Å². The highest BCUT2D eigenvalue weighted by Crippen LogP contribution is 2.32. The minimum absolute atomic E-state index is 0.0262. The second-order valence-electron chi connectivity index (χ2n) is 5.50. The monoisotopic (exact) mass is 365 g/mol. The van der Waals surface area contributed by atoms with Crippen molar-refractivity contribution in [3.8, 4) is 0 Å². The third-order valence-electron chi connectivity index (χ3n) is 4.14. The van der Waals surface area contributed by atoms with Crippen LogP contribution in [0.4, 0.5) is 5.69 Å². The fourth-order valence-electron chi connectivity index (χ4n) is 2.85. The molecule has 0 bridgehead atoms. The van der Waals surface area contributed by atoms with E-state index < -0.39 is 0 Å². The summed E-state index contributed by atoms with van der Waals surface area (Å²) in [6.07, 6.45) is -0.293. The summed E-state index contributed by atoms with van der Waals surface area (Å²) in [5.41, 5.74) is 2.29. The Labute approximate surface area is 151 Å². The van der Waals surface area contributed by atoms with Gasteiger partial charge in [-0.05, 0) is 32.0 Å². The number of rotatable bonds is 7. The second-order valence-corrected chi connectivity index (χ2v) is 7.54. The van der Waals surface area contributed by atoms with Gasteiger partial charge in [-0.1, -0.05) is 0 Å². The molecule has 1 aromatic carbocycles. The molecule has 0 amide bonds. The highest BCUT2D eigenvalue weighted by atomic mass is 32.2. The van der Waals surface area contributed by atoms with Gasteiger partial charge in [-0.15, -0.1) is 23.1 Å². The zero-order chi connectivity index (χ0) is 17.1. The van der Waals surface area contributed by atoms with Gasteiger partial charge in [0.25, 0.3) is 0 Å². The number of thiazole rings is 1. The molecule has 0 fully saturated rings. The summed E-state index contributed by atoms with van der Waals surface area (Å²) in [7, 11) is 3.30. The molecule has 2 aromatic rings. The minimum atomic E-state index is -0.293. The van der Waals surface area contributed by atoms with Gasteiger partial charge in [0, 0.05) is 38.7 Å². The lowest BCUT2D eigenvalue weighted by Crippen LogP contribution is -2.28. The van der Waals surface area contributed by atoms with Gasteiger partial charge in [0.2, 0.25) is 0 Å². The van der Waals surface area contributed by atoms with Crippen molar-refractivity contribution in [2.45, 2.75) is 26.2 Å². The third-order valence-corrected chi connectivity index (χ3v) is 6.37. The Hall–Kier alpha value is -1.15. The highest BCUT2D eigenvalue weighted by molar-refractivity contribution is 8.15. The first kappa shape index (κ1) is 17.7. The Morgan fingerprint density at radius 3 is 2.67 bits per heavy atom. The molecule has 7 heteroatoms. The Kier molecular flexibility index (Phi) is 5.76.